The third kappa shape index (κ3) is 1.33. The minimum absolute atomic E-state index is 0.718. The quantitative estimate of drug-likeness (QED) is 0.606. The zero-order valence-electron chi connectivity index (χ0n) is 9.47. The molecule has 0 aromatic rings. The van der Waals surface area contributed by atoms with Crippen molar-refractivity contribution in [3.63, 3.8) is 0 Å². The molecule has 0 bridgehead atoms. The maximum Gasteiger partial charge on any atom is -0.0274 e. The first kappa shape index (κ1) is 9.55. The van der Waals surface area contributed by atoms with Crippen LogP contribution < -0.4 is 0 Å². The summed E-state index contributed by atoms with van der Waals surface area (Å²) >= 11 is 0. The van der Waals surface area contributed by atoms with Crippen molar-refractivity contribution in [2.45, 2.75) is 59.3 Å². The van der Waals surface area contributed by atoms with Gasteiger partial charge >= 0.3 is 0 Å². The van der Waals surface area contributed by atoms with Gasteiger partial charge in [0.15, 0.2) is 0 Å². The molecule has 2 saturated carbocycles. The predicted octanol–water partition coefficient (Wildman–Crippen LogP) is 4.25. The van der Waals surface area contributed by atoms with Crippen LogP contribution in [-0.4, -0.2) is 0 Å². The van der Waals surface area contributed by atoms with Crippen molar-refractivity contribution >= 4 is 0 Å². The molecule has 0 spiro atoms. The molecule has 0 heteroatoms. The maximum absolute atomic E-state index is 2.41. The van der Waals surface area contributed by atoms with Crippen LogP contribution in [0.15, 0.2) is 0 Å². The van der Waals surface area contributed by atoms with Crippen LogP contribution in [0.2, 0.25) is 0 Å². The lowest BCUT2D eigenvalue weighted by atomic mass is 9.67. The van der Waals surface area contributed by atoms with E-state index in [0.29, 0.717) is 0 Å². The highest BCUT2D eigenvalue weighted by Crippen LogP contribution is 2.62. The molecule has 0 heterocycles. The Morgan fingerprint density at radius 1 is 1.00 bits per heavy atom. The molecule has 0 amide bonds. The smallest absolute Gasteiger partial charge is 0.0274 e. The van der Waals surface area contributed by atoms with E-state index in [-0.39, 0.29) is 0 Å². The number of rotatable bonds is 4. The van der Waals surface area contributed by atoms with Crippen LogP contribution in [0.3, 0.4) is 0 Å². The molecule has 0 aromatic carbocycles. The van der Waals surface area contributed by atoms with Crippen LogP contribution in [0.25, 0.3) is 0 Å². The van der Waals surface area contributed by atoms with Crippen molar-refractivity contribution in [2.24, 2.45) is 23.2 Å². The van der Waals surface area contributed by atoms with Gasteiger partial charge in [-0.3, -0.25) is 0 Å². The average molecular weight is 180 g/mol. The van der Waals surface area contributed by atoms with Gasteiger partial charge in [-0.2, -0.15) is 0 Å². The normalized spacial score (nSPS) is 37.6. The van der Waals surface area contributed by atoms with E-state index in [2.05, 4.69) is 20.8 Å². The Labute approximate surface area is 83.1 Å². The topological polar surface area (TPSA) is 0 Å². The molecule has 2 aliphatic carbocycles. The Balaban J connectivity index is 2.09. The van der Waals surface area contributed by atoms with Crippen LogP contribution >= 0.6 is 0 Å². The van der Waals surface area contributed by atoms with Crippen LogP contribution in [0.5, 0.6) is 0 Å². The van der Waals surface area contributed by atoms with Gasteiger partial charge in [0.25, 0.3) is 0 Å². The van der Waals surface area contributed by atoms with E-state index in [1.165, 1.54) is 19.3 Å². The third-order valence-corrected chi connectivity index (χ3v) is 5.24. The predicted molar refractivity (Wildman–Crippen MR) is 57.6 cm³/mol. The molecule has 0 nitrogen and oxygen atoms in total. The van der Waals surface area contributed by atoms with E-state index < -0.39 is 0 Å². The summed E-state index contributed by atoms with van der Waals surface area (Å²) < 4.78 is 0. The van der Waals surface area contributed by atoms with Gasteiger partial charge < -0.3 is 0 Å². The Hall–Kier alpha value is 0. The fraction of sp³-hybridized carbons (Fsp3) is 1.00. The number of fused-ring (bicyclic) bond motifs is 1. The molecule has 76 valence electrons. The summed E-state index contributed by atoms with van der Waals surface area (Å²) in [5, 5.41) is 0. The fourth-order valence-electron chi connectivity index (χ4n) is 4.00. The largest absolute Gasteiger partial charge is 0.0648 e. The summed E-state index contributed by atoms with van der Waals surface area (Å²) in [6, 6.07) is 0. The highest BCUT2D eigenvalue weighted by atomic mass is 14.6. The summed E-state index contributed by atoms with van der Waals surface area (Å²) in [5.41, 5.74) is 0.718. The first-order valence-electron chi connectivity index (χ1n) is 6.27. The Morgan fingerprint density at radius 3 is 1.92 bits per heavy atom. The highest BCUT2D eigenvalue weighted by molar-refractivity contribution is 5.03. The van der Waals surface area contributed by atoms with Crippen LogP contribution in [0, 0.1) is 23.2 Å². The zero-order valence-corrected chi connectivity index (χ0v) is 9.47. The minimum Gasteiger partial charge on any atom is -0.0648 e. The molecule has 3 atom stereocenters. The summed E-state index contributed by atoms with van der Waals surface area (Å²) in [6.45, 7) is 7.22. The monoisotopic (exact) mass is 180 g/mol. The molecule has 13 heavy (non-hydrogen) atoms. The van der Waals surface area contributed by atoms with Gasteiger partial charge in [-0.05, 0) is 42.4 Å². The number of hydrogen-bond acceptors (Lipinski definition) is 0. The Morgan fingerprint density at radius 2 is 1.62 bits per heavy atom. The summed E-state index contributed by atoms with van der Waals surface area (Å²) in [7, 11) is 0. The van der Waals surface area contributed by atoms with Crippen LogP contribution in [-0.2, 0) is 0 Å². The van der Waals surface area contributed by atoms with Crippen molar-refractivity contribution < 1.29 is 0 Å². The second kappa shape index (κ2) is 3.29. The molecular formula is C13H24. The van der Waals surface area contributed by atoms with Gasteiger partial charge in [-0.25, -0.2) is 0 Å². The van der Waals surface area contributed by atoms with Crippen molar-refractivity contribution in [1.82, 2.24) is 0 Å². The minimum atomic E-state index is 0.718. The molecule has 2 aliphatic rings. The molecule has 2 rings (SSSR count). The van der Waals surface area contributed by atoms with E-state index in [4.69, 9.17) is 0 Å². The van der Waals surface area contributed by atoms with E-state index in [9.17, 15) is 0 Å². The van der Waals surface area contributed by atoms with Gasteiger partial charge in [0.2, 0.25) is 0 Å². The average Bonchev–Trinajstić information content (AvgIpc) is 2.84. The Bertz CT molecular complexity index is 170. The second-order valence-electron chi connectivity index (χ2n) is 5.27. The molecule has 0 aromatic heterocycles. The van der Waals surface area contributed by atoms with Crippen molar-refractivity contribution in [1.29, 1.82) is 0 Å². The fourth-order valence-corrected chi connectivity index (χ4v) is 4.00. The molecular weight excluding hydrogens is 156 g/mol. The van der Waals surface area contributed by atoms with E-state index >= 15 is 0 Å². The number of hydrogen-bond donors (Lipinski definition) is 0. The highest BCUT2D eigenvalue weighted by Gasteiger charge is 2.53. The van der Waals surface area contributed by atoms with Crippen LogP contribution in [0.1, 0.15) is 59.3 Å². The first-order chi connectivity index (χ1) is 6.27. The lowest BCUT2D eigenvalue weighted by molar-refractivity contribution is 0.120. The van der Waals surface area contributed by atoms with Crippen molar-refractivity contribution in [3.8, 4) is 0 Å². The molecule has 0 radical (unpaired) electrons. The van der Waals surface area contributed by atoms with Crippen molar-refractivity contribution in [2.75, 3.05) is 0 Å². The standard InChI is InChI=1S/C13H24/c1-4-13(5-2,6-3)12-8-7-10-9-11(10)12/h10-12H,4-9H2,1-3H3. The van der Waals surface area contributed by atoms with E-state index in [0.717, 1.165) is 23.2 Å². The van der Waals surface area contributed by atoms with E-state index in [1.54, 1.807) is 19.3 Å². The van der Waals surface area contributed by atoms with Crippen molar-refractivity contribution in [3.05, 3.63) is 0 Å². The van der Waals surface area contributed by atoms with Crippen LogP contribution in [0.4, 0.5) is 0 Å². The van der Waals surface area contributed by atoms with Gasteiger partial charge in [-0.15, -0.1) is 0 Å². The second-order valence-corrected chi connectivity index (χ2v) is 5.27. The summed E-state index contributed by atoms with van der Waals surface area (Å²) in [6.07, 6.45) is 8.91. The molecule has 0 aliphatic heterocycles. The van der Waals surface area contributed by atoms with Gasteiger partial charge in [0.05, 0.1) is 0 Å². The van der Waals surface area contributed by atoms with Gasteiger partial charge in [0.1, 0.15) is 0 Å². The molecule has 2 fully saturated rings. The van der Waals surface area contributed by atoms with Gasteiger partial charge in [-0.1, -0.05) is 40.0 Å². The Kier molecular flexibility index (Phi) is 2.42. The lowest BCUT2D eigenvalue weighted by Crippen LogP contribution is -2.29. The lowest BCUT2D eigenvalue weighted by Gasteiger charge is -2.38. The summed E-state index contributed by atoms with van der Waals surface area (Å²) in [4.78, 5) is 0. The third-order valence-electron chi connectivity index (χ3n) is 5.24. The molecule has 0 N–H and O–H groups in total. The maximum atomic E-state index is 2.41. The first-order valence-corrected chi connectivity index (χ1v) is 6.27. The molecule has 3 unspecified atom stereocenters. The zero-order chi connectivity index (χ0) is 9.47. The van der Waals surface area contributed by atoms with Gasteiger partial charge in [0, 0.05) is 0 Å². The summed E-state index contributed by atoms with van der Waals surface area (Å²) in [5.74, 6) is 3.41. The SMILES string of the molecule is CCC(CC)(CC)C1CCC2CC21. The molecule has 0 saturated heterocycles. The van der Waals surface area contributed by atoms with E-state index in [1.807, 2.05) is 0 Å².